The minimum atomic E-state index is -0.491. The molecule has 92 valence electrons. The van der Waals surface area contributed by atoms with Gasteiger partial charge in [0.25, 0.3) is 0 Å². The minimum absolute atomic E-state index is 0.196. The molecular formula is C11H19NO4. The fourth-order valence-electron chi connectivity index (χ4n) is 1.46. The molecule has 1 fully saturated rings. The molecule has 1 heterocycles. The summed E-state index contributed by atoms with van der Waals surface area (Å²) in [7, 11) is 0. The molecule has 0 aromatic carbocycles. The van der Waals surface area contributed by atoms with E-state index in [0.717, 1.165) is 6.29 Å². The molecule has 16 heavy (non-hydrogen) atoms. The molecule has 0 unspecified atom stereocenters. The van der Waals surface area contributed by atoms with E-state index in [1.54, 1.807) is 4.90 Å². The number of carbonyl (C=O) groups excluding carboxylic acids is 2. The fraction of sp³-hybridized carbons (Fsp3) is 0.818. The third kappa shape index (κ3) is 4.18. The van der Waals surface area contributed by atoms with E-state index in [0.29, 0.717) is 26.1 Å². The standard InChI is InChI=1S/C11H19NO4/c1-11(2,3)16-10(14)12-5-7-15-9(8-12)4-6-13/h6,9H,4-5,7-8H2,1-3H3/t9-/m0/s1. The zero-order valence-electron chi connectivity index (χ0n) is 10.1. The lowest BCUT2D eigenvalue weighted by molar-refractivity contribution is -0.112. The Balaban J connectivity index is 2.47. The van der Waals surface area contributed by atoms with Crippen molar-refractivity contribution >= 4 is 12.4 Å². The van der Waals surface area contributed by atoms with Crippen molar-refractivity contribution in [2.24, 2.45) is 0 Å². The topological polar surface area (TPSA) is 55.8 Å². The largest absolute Gasteiger partial charge is 0.444 e. The molecule has 5 heteroatoms. The second-order valence-electron chi connectivity index (χ2n) is 4.82. The maximum Gasteiger partial charge on any atom is 0.410 e. The van der Waals surface area contributed by atoms with Crippen LogP contribution in [0.1, 0.15) is 27.2 Å². The zero-order chi connectivity index (χ0) is 12.2. The van der Waals surface area contributed by atoms with Gasteiger partial charge in [-0.3, -0.25) is 0 Å². The van der Waals surface area contributed by atoms with Gasteiger partial charge in [-0.05, 0) is 20.8 Å². The van der Waals surface area contributed by atoms with E-state index in [9.17, 15) is 9.59 Å². The normalized spacial score (nSPS) is 21.7. The zero-order valence-corrected chi connectivity index (χ0v) is 10.1. The summed E-state index contributed by atoms with van der Waals surface area (Å²) in [4.78, 5) is 23.7. The molecule has 0 bridgehead atoms. The molecule has 1 rings (SSSR count). The first kappa shape index (κ1) is 13.0. The van der Waals surface area contributed by atoms with Gasteiger partial charge < -0.3 is 19.2 Å². The quantitative estimate of drug-likeness (QED) is 0.668. The average Bonchev–Trinajstić information content (AvgIpc) is 2.16. The summed E-state index contributed by atoms with van der Waals surface area (Å²) in [6.07, 6.45) is 0.591. The number of carbonyl (C=O) groups is 2. The van der Waals surface area contributed by atoms with Crippen molar-refractivity contribution in [1.29, 1.82) is 0 Å². The van der Waals surface area contributed by atoms with Crippen LogP contribution in [0.2, 0.25) is 0 Å². The number of morpholine rings is 1. The maximum atomic E-state index is 11.7. The van der Waals surface area contributed by atoms with E-state index >= 15 is 0 Å². The first-order valence-corrected chi connectivity index (χ1v) is 5.45. The van der Waals surface area contributed by atoms with Crippen molar-refractivity contribution in [3.05, 3.63) is 0 Å². The first-order chi connectivity index (χ1) is 7.42. The molecule has 1 aliphatic rings. The predicted octanol–water partition coefficient (Wildman–Crippen LogP) is 1.21. The molecule has 0 aromatic heterocycles. The van der Waals surface area contributed by atoms with E-state index in [4.69, 9.17) is 9.47 Å². The number of hydrogen-bond donors (Lipinski definition) is 0. The van der Waals surface area contributed by atoms with Gasteiger partial charge in [-0.25, -0.2) is 4.79 Å². The summed E-state index contributed by atoms with van der Waals surface area (Å²) in [5.41, 5.74) is -0.491. The summed E-state index contributed by atoms with van der Waals surface area (Å²) >= 11 is 0. The van der Waals surface area contributed by atoms with Crippen LogP contribution in [0.4, 0.5) is 4.79 Å². The Morgan fingerprint density at radius 3 is 2.81 bits per heavy atom. The molecule has 5 nitrogen and oxygen atoms in total. The Morgan fingerprint density at radius 1 is 1.56 bits per heavy atom. The van der Waals surface area contributed by atoms with Gasteiger partial charge >= 0.3 is 6.09 Å². The second kappa shape index (κ2) is 5.30. The SMILES string of the molecule is CC(C)(C)OC(=O)N1CCO[C@@H](CC=O)C1. The fourth-order valence-corrected chi connectivity index (χ4v) is 1.46. The van der Waals surface area contributed by atoms with Gasteiger partial charge in [0.2, 0.25) is 0 Å². The van der Waals surface area contributed by atoms with Gasteiger partial charge in [-0.15, -0.1) is 0 Å². The molecule has 0 aliphatic carbocycles. The molecule has 0 saturated carbocycles. The van der Waals surface area contributed by atoms with Crippen LogP contribution in [0.15, 0.2) is 0 Å². The highest BCUT2D eigenvalue weighted by Crippen LogP contribution is 2.13. The lowest BCUT2D eigenvalue weighted by atomic mass is 10.2. The molecule has 1 aliphatic heterocycles. The van der Waals surface area contributed by atoms with Gasteiger partial charge in [0, 0.05) is 13.0 Å². The van der Waals surface area contributed by atoms with E-state index in [1.807, 2.05) is 20.8 Å². The molecular weight excluding hydrogens is 210 g/mol. The van der Waals surface area contributed by atoms with E-state index in [2.05, 4.69) is 0 Å². The van der Waals surface area contributed by atoms with Crippen molar-refractivity contribution in [3.8, 4) is 0 Å². The molecule has 1 saturated heterocycles. The highest BCUT2D eigenvalue weighted by Gasteiger charge is 2.27. The monoisotopic (exact) mass is 229 g/mol. The predicted molar refractivity (Wildman–Crippen MR) is 58.2 cm³/mol. The van der Waals surface area contributed by atoms with Crippen molar-refractivity contribution in [2.75, 3.05) is 19.7 Å². The Hall–Kier alpha value is -1.10. The van der Waals surface area contributed by atoms with Crippen LogP contribution in [0.3, 0.4) is 0 Å². The summed E-state index contributed by atoms with van der Waals surface area (Å²) in [6, 6.07) is 0. The second-order valence-corrected chi connectivity index (χ2v) is 4.82. The van der Waals surface area contributed by atoms with Gasteiger partial charge in [-0.2, -0.15) is 0 Å². The van der Waals surface area contributed by atoms with Crippen LogP contribution in [0.25, 0.3) is 0 Å². The van der Waals surface area contributed by atoms with E-state index in [1.165, 1.54) is 0 Å². The number of aldehydes is 1. The number of hydrogen-bond acceptors (Lipinski definition) is 4. The maximum absolute atomic E-state index is 11.7. The third-order valence-electron chi connectivity index (χ3n) is 2.15. The van der Waals surface area contributed by atoms with Crippen molar-refractivity contribution < 1.29 is 19.1 Å². The van der Waals surface area contributed by atoms with Crippen LogP contribution >= 0.6 is 0 Å². The molecule has 1 atom stereocenters. The Morgan fingerprint density at radius 2 is 2.25 bits per heavy atom. The highest BCUT2D eigenvalue weighted by molar-refractivity contribution is 5.68. The number of ether oxygens (including phenoxy) is 2. The first-order valence-electron chi connectivity index (χ1n) is 5.45. The number of rotatable bonds is 2. The van der Waals surface area contributed by atoms with E-state index in [-0.39, 0.29) is 12.2 Å². The number of nitrogens with zero attached hydrogens (tertiary/aromatic N) is 1. The van der Waals surface area contributed by atoms with Crippen molar-refractivity contribution in [3.63, 3.8) is 0 Å². The molecule has 1 amide bonds. The summed E-state index contributed by atoms with van der Waals surface area (Å²) in [5, 5.41) is 0. The number of amides is 1. The van der Waals surface area contributed by atoms with Crippen LogP contribution in [-0.4, -0.2) is 48.7 Å². The smallest absolute Gasteiger partial charge is 0.410 e. The van der Waals surface area contributed by atoms with Gasteiger partial charge in [0.15, 0.2) is 0 Å². The van der Waals surface area contributed by atoms with Crippen molar-refractivity contribution in [1.82, 2.24) is 4.90 Å². The molecule has 0 aromatic rings. The lowest BCUT2D eigenvalue weighted by Gasteiger charge is -2.33. The van der Waals surface area contributed by atoms with Crippen molar-refractivity contribution in [2.45, 2.75) is 38.9 Å². The van der Waals surface area contributed by atoms with Crippen LogP contribution in [-0.2, 0) is 14.3 Å². The van der Waals surface area contributed by atoms with Crippen LogP contribution in [0.5, 0.6) is 0 Å². The van der Waals surface area contributed by atoms with Gasteiger partial charge in [0.1, 0.15) is 11.9 Å². The van der Waals surface area contributed by atoms with Gasteiger partial charge in [-0.1, -0.05) is 0 Å². The van der Waals surface area contributed by atoms with E-state index < -0.39 is 5.60 Å². The van der Waals surface area contributed by atoms with Gasteiger partial charge in [0.05, 0.1) is 19.3 Å². The Bertz CT molecular complexity index is 259. The lowest BCUT2D eigenvalue weighted by Crippen LogP contribution is -2.47. The summed E-state index contributed by atoms with van der Waals surface area (Å²) < 4.78 is 10.6. The molecule has 0 N–H and O–H groups in total. The summed E-state index contributed by atoms with van der Waals surface area (Å²) in [5.74, 6) is 0. The van der Waals surface area contributed by atoms with Crippen LogP contribution in [0, 0.1) is 0 Å². The Labute approximate surface area is 95.7 Å². The summed E-state index contributed by atoms with van der Waals surface area (Å²) in [6.45, 7) is 6.88. The highest BCUT2D eigenvalue weighted by atomic mass is 16.6. The average molecular weight is 229 g/mol. The van der Waals surface area contributed by atoms with Crippen LogP contribution < -0.4 is 0 Å². The molecule has 0 radical (unpaired) electrons. The third-order valence-corrected chi connectivity index (χ3v) is 2.15. The molecule has 0 spiro atoms. The Kier molecular flexibility index (Phi) is 4.29. The minimum Gasteiger partial charge on any atom is -0.444 e.